The quantitative estimate of drug-likeness (QED) is 0.714. The predicted octanol–water partition coefficient (Wildman–Crippen LogP) is 2.52. The van der Waals surface area contributed by atoms with Crippen LogP contribution in [0, 0.1) is 0 Å². The third kappa shape index (κ3) is 3.68. The number of aryl methyl sites for hydroxylation is 1. The van der Waals surface area contributed by atoms with Crippen molar-refractivity contribution in [2.75, 3.05) is 11.9 Å². The topological polar surface area (TPSA) is 86.9 Å². The highest BCUT2D eigenvalue weighted by molar-refractivity contribution is 6.03. The van der Waals surface area contributed by atoms with Crippen LogP contribution in [0.4, 0.5) is 5.95 Å². The van der Waals surface area contributed by atoms with Crippen molar-refractivity contribution < 1.29 is 9.53 Å². The zero-order valence-electron chi connectivity index (χ0n) is 14.2. The number of nitrogens with one attached hydrogen (secondary N) is 1. The van der Waals surface area contributed by atoms with E-state index in [1.807, 2.05) is 44.2 Å². The molecule has 1 aromatic carbocycles. The van der Waals surface area contributed by atoms with Gasteiger partial charge in [0.05, 0.1) is 18.5 Å². The lowest BCUT2D eigenvalue weighted by atomic mass is 10.3. The molecule has 0 aliphatic carbocycles. The molecule has 25 heavy (non-hydrogen) atoms. The number of benzene rings is 1. The van der Waals surface area contributed by atoms with Gasteiger partial charge in [0.1, 0.15) is 6.33 Å². The summed E-state index contributed by atoms with van der Waals surface area (Å²) in [6.07, 6.45) is 4.11. The molecule has 8 nitrogen and oxygen atoms in total. The van der Waals surface area contributed by atoms with Crippen molar-refractivity contribution in [2.24, 2.45) is 0 Å². The Morgan fingerprint density at radius 3 is 2.76 bits per heavy atom. The van der Waals surface area contributed by atoms with Crippen LogP contribution < -0.4 is 10.1 Å². The van der Waals surface area contributed by atoms with Crippen molar-refractivity contribution in [3.05, 3.63) is 48.5 Å². The lowest BCUT2D eigenvalue weighted by Crippen LogP contribution is -2.17. The molecule has 0 atom stereocenters. The van der Waals surface area contributed by atoms with Gasteiger partial charge in [-0.05, 0) is 25.5 Å². The average Bonchev–Trinajstić information content (AvgIpc) is 3.27. The van der Waals surface area contributed by atoms with Crippen LogP contribution >= 0.6 is 0 Å². The standard InChI is InChI=1S/C17H20N6O2/c1-3-10-25-14-11-23(13-8-6-5-7-9-13)21-15(14)16(24)19-17-20-18-12-22(17)4-2/h5-9,11-12H,3-4,10H2,1-2H3,(H,19,20,24). The van der Waals surface area contributed by atoms with E-state index in [-0.39, 0.29) is 11.6 Å². The number of para-hydroxylation sites is 1. The first-order valence-electron chi connectivity index (χ1n) is 8.20. The van der Waals surface area contributed by atoms with E-state index in [1.54, 1.807) is 21.8 Å². The van der Waals surface area contributed by atoms with Gasteiger partial charge >= 0.3 is 0 Å². The maximum Gasteiger partial charge on any atom is 0.282 e. The Labute approximate surface area is 145 Å². The molecule has 0 spiro atoms. The number of rotatable bonds is 7. The van der Waals surface area contributed by atoms with Crippen LogP contribution in [0.25, 0.3) is 5.69 Å². The minimum atomic E-state index is -0.386. The Balaban J connectivity index is 1.90. The average molecular weight is 340 g/mol. The summed E-state index contributed by atoms with van der Waals surface area (Å²) < 4.78 is 9.06. The molecule has 0 bridgehead atoms. The van der Waals surface area contributed by atoms with E-state index in [1.165, 1.54) is 0 Å². The van der Waals surface area contributed by atoms with Crippen molar-refractivity contribution in [1.29, 1.82) is 0 Å². The molecule has 1 N–H and O–H groups in total. The van der Waals surface area contributed by atoms with Crippen LogP contribution in [0.1, 0.15) is 30.8 Å². The fourth-order valence-corrected chi connectivity index (χ4v) is 2.29. The fourth-order valence-electron chi connectivity index (χ4n) is 2.29. The molecule has 2 heterocycles. The zero-order valence-corrected chi connectivity index (χ0v) is 14.2. The van der Waals surface area contributed by atoms with Crippen molar-refractivity contribution >= 4 is 11.9 Å². The van der Waals surface area contributed by atoms with Crippen molar-refractivity contribution in [3.63, 3.8) is 0 Å². The van der Waals surface area contributed by atoms with Crippen LogP contribution in [0.2, 0.25) is 0 Å². The van der Waals surface area contributed by atoms with Crippen molar-refractivity contribution in [1.82, 2.24) is 24.5 Å². The summed E-state index contributed by atoms with van der Waals surface area (Å²) >= 11 is 0. The second kappa shape index (κ2) is 7.61. The van der Waals surface area contributed by atoms with Gasteiger partial charge in [0.15, 0.2) is 11.4 Å². The number of carbonyl (C=O) groups excluding carboxylic acids is 1. The first-order chi connectivity index (χ1) is 12.2. The zero-order chi connectivity index (χ0) is 17.6. The lowest BCUT2D eigenvalue weighted by molar-refractivity contribution is 0.101. The number of aromatic nitrogens is 5. The first kappa shape index (κ1) is 16.7. The van der Waals surface area contributed by atoms with Crippen LogP contribution in [-0.4, -0.2) is 37.1 Å². The van der Waals surface area contributed by atoms with E-state index < -0.39 is 0 Å². The largest absolute Gasteiger partial charge is 0.489 e. The number of hydrogen-bond acceptors (Lipinski definition) is 5. The minimum absolute atomic E-state index is 0.211. The summed E-state index contributed by atoms with van der Waals surface area (Å²) in [6, 6.07) is 9.56. The summed E-state index contributed by atoms with van der Waals surface area (Å²) in [5, 5.41) is 14.8. The molecule has 0 radical (unpaired) electrons. The third-order valence-electron chi connectivity index (χ3n) is 3.56. The lowest BCUT2D eigenvalue weighted by Gasteiger charge is -2.06. The van der Waals surface area contributed by atoms with E-state index in [0.29, 0.717) is 24.8 Å². The van der Waals surface area contributed by atoms with Gasteiger partial charge in [0.2, 0.25) is 5.95 Å². The van der Waals surface area contributed by atoms with Gasteiger partial charge in [-0.15, -0.1) is 10.2 Å². The first-order valence-corrected chi connectivity index (χ1v) is 8.20. The second-order valence-electron chi connectivity index (χ2n) is 5.37. The molecule has 2 aromatic heterocycles. The number of ether oxygens (including phenoxy) is 1. The number of amides is 1. The Hall–Kier alpha value is -3.16. The van der Waals surface area contributed by atoms with E-state index in [2.05, 4.69) is 20.6 Å². The Bertz CT molecular complexity index is 840. The SMILES string of the molecule is CCCOc1cn(-c2ccccc2)nc1C(=O)Nc1nncn1CC. The molecular formula is C17H20N6O2. The van der Waals surface area contributed by atoms with Crippen LogP contribution in [0.15, 0.2) is 42.9 Å². The third-order valence-corrected chi connectivity index (χ3v) is 3.56. The number of nitrogens with zero attached hydrogens (tertiary/aromatic N) is 5. The van der Waals surface area contributed by atoms with Gasteiger partial charge in [0, 0.05) is 6.54 Å². The van der Waals surface area contributed by atoms with Gasteiger partial charge in [-0.3, -0.25) is 14.7 Å². The Kier molecular flexibility index (Phi) is 5.08. The summed E-state index contributed by atoms with van der Waals surface area (Å²) in [5.41, 5.74) is 1.06. The molecular weight excluding hydrogens is 320 g/mol. The van der Waals surface area contributed by atoms with Crippen molar-refractivity contribution in [2.45, 2.75) is 26.8 Å². The van der Waals surface area contributed by atoms with Crippen LogP contribution in [-0.2, 0) is 6.54 Å². The molecule has 0 aliphatic rings. The molecule has 130 valence electrons. The molecule has 0 unspecified atom stereocenters. The van der Waals surface area contributed by atoms with Crippen LogP contribution in [0.5, 0.6) is 5.75 Å². The molecule has 0 aliphatic heterocycles. The monoisotopic (exact) mass is 340 g/mol. The van der Waals surface area contributed by atoms with Gasteiger partial charge in [0.25, 0.3) is 5.91 Å². The Morgan fingerprint density at radius 1 is 1.24 bits per heavy atom. The summed E-state index contributed by atoms with van der Waals surface area (Å²) in [4.78, 5) is 12.7. The molecule has 1 amide bonds. The molecule has 3 aromatic rings. The predicted molar refractivity (Wildman–Crippen MR) is 93.0 cm³/mol. The van der Waals surface area contributed by atoms with Crippen molar-refractivity contribution in [3.8, 4) is 11.4 Å². The van der Waals surface area contributed by atoms with E-state index in [0.717, 1.165) is 12.1 Å². The molecule has 0 saturated carbocycles. The fraction of sp³-hybridized carbons (Fsp3) is 0.294. The van der Waals surface area contributed by atoms with Gasteiger partial charge in [-0.1, -0.05) is 25.1 Å². The maximum atomic E-state index is 12.7. The van der Waals surface area contributed by atoms with Gasteiger partial charge in [-0.25, -0.2) is 4.68 Å². The summed E-state index contributed by atoms with van der Waals surface area (Å²) in [5.74, 6) is 0.428. The van der Waals surface area contributed by atoms with E-state index in [4.69, 9.17) is 4.74 Å². The number of carbonyl (C=O) groups is 1. The highest BCUT2D eigenvalue weighted by Gasteiger charge is 2.20. The van der Waals surface area contributed by atoms with Crippen LogP contribution in [0.3, 0.4) is 0 Å². The second-order valence-corrected chi connectivity index (χ2v) is 5.37. The highest BCUT2D eigenvalue weighted by Crippen LogP contribution is 2.21. The van der Waals surface area contributed by atoms with E-state index in [9.17, 15) is 4.79 Å². The summed E-state index contributed by atoms with van der Waals surface area (Å²) in [6.45, 7) is 5.11. The molecule has 0 saturated heterocycles. The molecule has 3 rings (SSSR count). The Morgan fingerprint density at radius 2 is 2.04 bits per heavy atom. The van der Waals surface area contributed by atoms with Gasteiger partial charge < -0.3 is 4.74 Å². The molecule has 8 heteroatoms. The normalized spacial score (nSPS) is 10.6. The maximum absolute atomic E-state index is 12.7. The number of anilines is 1. The molecule has 0 fully saturated rings. The van der Waals surface area contributed by atoms with Gasteiger partial charge in [-0.2, -0.15) is 5.10 Å². The highest BCUT2D eigenvalue weighted by atomic mass is 16.5. The summed E-state index contributed by atoms with van der Waals surface area (Å²) in [7, 11) is 0. The minimum Gasteiger partial charge on any atom is -0.489 e. The van der Waals surface area contributed by atoms with E-state index >= 15 is 0 Å². The number of hydrogen-bond donors (Lipinski definition) is 1. The smallest absolute Gasteiger partial charge is 0.282 e.